The van der Waals surface area contributed by atoms with Gasteiger partial charge in [0, 0.05) is 12.6 Å². The Bertz CT molecular complexity index is 449. The van der Waals surface area contributed by atoms with Crippen LogP contribution in [0.2, 0.25) is 0 Å². The molecule has 1 fully saturated rings. The Morgan fingerprint density at radius 3 is 2.78 bits per heavy atom. The fraction of sp³-hybridized carbons (Fsp3) is 0.462. The van der Waals surface area contributed by atoms with Crippen molar-refractivity contribution in [2.24, 2.45) is 0 Å². The topological polar surface area (TPSA) is 40.5 Å². The highest BCUT2D eigenvalue weighted by molar-refractivity contribution is 9.10. The van der Waals surface area contributed by atoms with E-state index in [2.05, 4.69) is 15.9 Å². The minimum Gasteiger partial charge on any atom is -0.395 e. The molecule has 1 amide bonds. The Kier molecular flexibility index (Phi) is 4.35. The van der Waals surface area contributed by atoms with Gasteiger partial charge in [-0.3, -0.25) is 4.79 Å². The first-order valence-corrected chi connectivity index (χ1v) is 6.80. The summed E-state index contributed by atoms with van der Waals surface area (Å²) in [6.07, 6.45) is 3.02. The van der Waals surface area contributed by atoms with Crippen LogP contribution in [0, 0.1) is 5.82 Å². The fourth-order valence-electron chi connectivity index (χ4n) is 2.08. The third-order valence-corrected chi connectivity index (χ3v) is 4.11. The molecular formula is C13H15BrFNO2. The molecule has 0 heterocycles. The van der Waals surface area contributed by atoms with Crippen LogP contribution in [-0.2, 0) is 0 Å². The molecule has 2 rings (SSSR count). The number of hydrogen-bond acceptors (Lipinski definition) is 2. The molecule has 18 heavy (non-hydrogen) atoms. The maximum atomic E-state index is 13.4. The SMILES string of the molecule is O=C(c1cccc(F)c1Br)N(CCO)C1CCC1. The second kappa shape index (κ2) is 5.80. The van der Waals surface area contributed by atoms with Gasteiger partial charge in [0.2, 0.25) is 0 Å². The number of halogens is 2. The van der Waals surface area contributed by atoms with Gasteiger partial charge in [-0.15, -0.1) is 0 Å². The van der Waals surface area contributed by atoms with E-state index in [4.69, 9.17) is 5.11 Å². The molecular weight excluding hydrogens is 301 g/mol. The molecule has 0 bridgehead atoms. The molecule has 1 saturated carbocycles. The van der Waals surface area contributed by atoms with Crippen molar-refractivity contribution in [3.05, 3.63) is 34.1 Å². The van der Waals surface area contributed by atoms with Crippen LogP contribution in [-0.4, -0.2) is 35.1 Å². The number of nitrogens with zero attached hydrogens (tertiary/aromatic N) is 1. The minimum atomic E-state index is -0.446. The van der Waals surface area contributed by atoms with Crippen LogP contribution in [0.15, 0.2) is 22.7 Å². The zero-order chi connectivity index (χ0) is 13.1. The van der Waals surface area contributed by atoms with E-state index in [-0.39, 0.29) is 23.0 Å². The van der Waals surface area contributed by atoms with E-state index in [0.717, 1.165) is 19.3 Å². The van der Waals surface area contributed by atoms with E-state index < -0.39 is 5.82 Å². The van der Waals surface area contributed by atoms with Crippen LogP contribution in [0.1, 0.15) is 29.6 Å². The molecule has 0 saturated heterocycles. The molecule has 1 aliphatic carbocycles. The van der Waals surface area contributed by atoms with Gasteiger partial charge in [-0.25, -0.2) is 4.39 Å². The molecule has 0 radical (unpaired) electrons. The van der Waals surface area contributed by atoms with Crippen molar-refractivity contribution in [3.63, 3.8) is 0 Å². The van der Waals surface area contributed by atoms with Gasteiger partial charge in [0.05, 0.1) is 16.6 Å². The van der Waals surface area contributed by atoms with Crippen LogP contribution < -0.4 is 0 Å². The molecule has 3 nitrogen and oxygen atoms in total. The lowest BCUT2D eigenvalue weighted by molar-refractivity contribution is 0.0524. The normalized spacial score (nSPS) is 15.3. The van der Waals surface area contributed by atoms with Gasteiger partial charge >= 0.3 is 0 Å². The van der Waals surface area contributed by atoms with Crippen molar-refractivity contribution in [1.29, 1.82) is 0 Å². The lowest BCUT2D eigenvalue weighted by Gasteiger charge is -2.37. The van der Waals surface area contributed by atoms with Gasteiger partial charge in [-0.05, 0) is 47.3 Å². The second-order valence-corrected chi connectivity index (χ2v) is 5.20. The average Bonchev–Trinajstić information content (AvgIpc) is 2.29. The zero-order valence-corrected chi connectivity index (χ0v) is 11.5. The van der Waals surface area contributed by atoms with E-state index in [9.17, 15) is 9.18 Å². The molecule has 98 valence electrons. The van der Waals surface area contributed by atoms with E-state index in [1.807, 2.05) is 0 Å². The van der Waals surface area contributed by atoms with Crippen molar-refractivity contribution in [3.8, 4) is 0 Å². The van der Waals surface area contributed by atoms with Gasteiger partial charge in [0.1, 0.15) is 5.82 Å². The fourth-order valence-corrected chi connectivity index (χ4v) is 2.51. The van der Waals surface area contributed by atoms with Crippen LogP contribution in [0.5, 0.6) is 0 Å². The number of rotatable bonds is 4. The summed E-state index contributed by atoms with van der Waals surface area (Å²) < 4.78 is 13.6. The van der Waals surface area contributed by atoms with Crippen LogP contribution >= 0.6 is 15.9 Å². The molecule has 0 aromatic heterocycles. The van der Waals surface area contributed by atoms with Crippen molar-refractivity contribution in [2.75, 3.05) is 13.2 Å². The standard InChI is InChI=1S/C13H15BrFNO2/c14-12-10(5-2-6-11(12)15)13(18)16(7-8-17)9-3-1-4-9/h2,5-6,9,17H,1,3-4,7-8H2. The molecule has 1 aromatic rings. The number of hydrogen-bond donors (Lipinski definition) is 1. The number of aliphatic hydroxyl groups is 1. The maximum Gasteiger partial charge on any atom is 0.255 e. The van der Waals surface area contributed by atoms with Crippen molar-refractivity contribution in [1.82, 2.24) is 4.90 Å². The Morgan fingerprint density at radius 1 is 1.50 bits per heavy atom. The third-order valence-electron chi connectivity index (χ3n) is 3.30. The number of carbonyl (C=O) groups is 1. The molecule has 0 spiro atoms. The summed E-state index contributed by atoms with van der Waals surface area (Å²) >= 11 is 3.10. The lowest BCUT2D eigenvalue weighted by Crippen LogP contribution is -2.45. The molecule has 1 aromatic carbocycles. The van der Waals surface area contributed by atoms with E-state index >= 15 is 0 Å². The first-order chi connectivity index (χ1) is 8.65. The molecule has 0 aliphatic heterocycles. The van der Waals surface area contributed by atoms with Gasteiger partial charge in [0.15, 0.2) is 0 Å². The Balaban J connectivity index is 2.24. The van der Waals surface area contributed by atoms with Gasteiger partial charge < -0.3 is 10.0 Å². The van der Waals surface area contributed by atoms with E-state index in [1.165, 1.54) is 12.1 Å². The zero-order valence-electron chi connectivity index (χ0n) is 9.90. The number of carbonyl (C=O) groups excluding carboxylic acids is 1. The number of amides is 1. The Morgan fingerprint density at radius 2 is 2.22 bits per heavy atom. The van der Waals surface area contributed by atoms with Crippen LogP contribution in [0.4, 0.5) is 4.39 Å². The quantitative estimate of drug-likeness (QED) is 0.927. The highest BCUT2D eigenvalue weighted by atomic mass is 79.9. The number of benzene rings is 1. The molecule has 0 atom stereocenters. The summed E-state index contributed by atoms with van der Waals surface area (Å²) in [4.78, 5) is 14.0. The summed E-state index contributed by atoms with van der Waals surface area (Å²) in [6, 6.07) is 4.60. The largest absolute Gasteiger partial charge is 0.395 e. The summed E-state index contributed by atoms with van der Waals surface area (Å²) in [6.45, 7) is 0.224. The summed E-state index contributed by atoms with van der Waals surface area (Å²) in [7, 11) is 0. The first-order valence-electron chi connectivity index (χ1n) is 6.01. The molecule has 1 N–H and O–H groups in total. The lowest BCUT2D eigenvalue weighted by atomic mass is 9.91. The Hall–Kier alpha value is -0.940. The van der Waals surface area contributed by atoms with Crippen LogP contribution in [0.3, 0.4) is 0 Å². The highest BCUT2D eigenvalue weighted by Gasteiger charge is 2.30. The molecule has 1 aliphatic rings. The van der Waals surface area contributed by atoms with Crippen molar-refractivity contribution in [2.45, 2.75) is 25.3 Å². The Labute approximate surface area is 114 Å². The summed E-state index contributed by atoms with van der Waals surface area (Å²) in [5.41, 5.74) is 0.315. The predicted octanol–water partition coefficient (Wildman–Crippen LogP) is 2.58. The first kappa shape index (κ1) is 13.5. The summed E-state index contributed by atoms with van der Waals surface area (Å²) in [5.74, 6) is -0.668. The van der Waals surface area contributed by atoms with Crippen molar-refractivity contribution >= 4 is 21.8 Å². The van der Waals surface area contributed by atoms with Gasteiger partial charge in [-0.1, -0.05) is 6.07 Å². The molecule has 0 unspecified atom stereocenters. The van der Waals surface area contributed by atoms with Crippen molar-refractivity contribution < 1.29 is 14.3 Å². The van der Waals surface area contributed by atoms with Gasteiger partial charge in [0.25, 0.3) is 5.91 Å². The van der Waals surface area contributed by atoms with Crippen LogP contribution in [0.25, 0.3) is 0 Å². The molecule has 5 heteroatoms. The predicted molar refractivity (Wildman–Crippen MR) is 69.9 cm³/mol. The minimum absolute atomic E-state index is 0.0742. The average molecular weight is 316 g/mol. The van der Waals surface area contributed by atoms with E-state index in [0.29, 0.717) is 12.1 Å². The summed E-state index contributed by atoms with van der Waals surface area (Å²) in [5, 5.41) is 9.05. The highest BCUT2D eigenvalue weighted by Crippen LogP contribution is 2.28. The second-order valence-electron chi connectivity index (χ2n) is 4.41. The number of aliphatic hydroxyl groups excluding tert-OH is 1. The van der Waals surface area contributed by atoms with E-state index in [1.54, 1.807) is 11.0 Å². The third kappa shape index (κ3) is 2.57. The maximum absolute atomic E-state index is 13.4. The van der Waals surface area contributed by atoms with Gasteiger partial charge in [-0.2, -0.15) is 0 Å². The smallest absolute Gasteiger partial charge is 0.255 e. The monoisotopic (exact) mass is 315 g/mol.